The molecule has 1 aromatic carbocycles. The van der Waals surface area contributed by atoms with Gasteiger partial charge >= 0.3 is 0 Å². The van der Waals surface area contributed by atoms with Gasteiger partial charge in [0.1, 0.15) is 5.82 Å². The van der Waals surface area contributed by atoms with Crippen molar-refractivity contribution in [3.63, 3.8) is 0 Å². The first kappa shape index (κ1) is 19.8. The van der Waals surface area contributed by atoms with Gasteiger partial charge in [0.2, 0.25) is 5.91 Å². The van der Waals surface area contributed by atoms with Crippen molar-refractivity contribution >= 4 is 5.91 Å². The Bertz CT molecular complexity index is 903. The highest BCUT2D eigenvalue weighted by Crippen LogP contribution is 2.31. The molecule has 3 heterocycles. The summed E-state index contributed by atoms with van der Waals surface area (Å²) in [4.78, 5) is 35.2. The molecular weight excluding hydrogens is 366 g/mol. The van der Waals surface area contributed by atoms with Gasteiger partial charge < -0.3 is 14.6 Å². The van der Waals surface area contributed by atoms with Crippen molar-refractivity contribution in [3.8, 4) is 0 Å². The number of aromatic amines is 1. The zero-order valence-corrected chi connectivity index (χ0v) is 17.0. The average Bonchev–Trinajstić information content (AvgIpc) is 3.41. The molecule has 29 heavy (non-hydrogen) atoms. The van der Waals surface area contributed by atoms with Crippen molar-refractivity contribution in [2.45, 2.75) is 64.0 Å². The first-order valence-electron chi connectivity index (χ1n) is 10.7. The van der Waals surface area contributed by atoms with Gasteiger partial charge in [-0.2, -0.15) is 0 Å². The molecule has 6 heteroatoms. The van der Waals surface area contributed by atoms with Crippen LogP contribution in [0.25, 0.3) is 0 Å². The van der Waals surface area contributed by atoms with Crippen molar-refractivity contribution in [3.05, 3.63) is 63.3 Å². The zero-order chi connectivity index (χ0) is 20.2. The molecule has 0 radical (unpaired) electrons. The van der Waals surface area contributed by atoms with Gasteiger partial charge in [-0.1, -0.05) is 30.3 Å². The third kappa shape index (κ3) is 4.58. The number of hydrogen-bond acceptors (Lipinski definition) is 4. The molecule has 2 fully saturated rings. The molecule has 1 amide bonds. The van der Waals surface area contributed by atoms with Crippen molar-refractivity contribution in [1.82, 2.24) is 14.9 Å². The minimum atomic E-state index is -0.135. The Morgan fingerprint density at radius 3 is 2.79 bits per heavy atom. The lowest BCUT2D eigenvalue weighted by atomic mass is 10.0. The average molecular weight is 396 g/mol. The number of amides is 1. The first-order chi connectivity index (χ1) is 14.1. The van der Waals surface area contributed by atoms with Crippen LogP contribution >= 0.6 is 0 Å². The molecule has 1 N–H and O–H groups in total. The number of likely N-dealkylation sites (tertiary alicyclic amines) is 1. The number of nitrogens with zero attached hydrogens (tertiary/aromatic N) is 2. The van der Waals surface area contributed by atoms with Gasteiger partial charge in [0.05, 0.1) is 12.1 Å². The molecule has 0 aliphatic carbocycles. The van der Waals surface area contributed by atoms with Gasteiger partial charge in [-0.05, 0) is 44.6 Å². The highest BCUT2D eigenvalue weighted by Gasteiger charge is 2.32. The molecule has 4 rings (SSSR count). The Morgan fingerprint density at radius 1 is 1.24 bits per heavy atom. The number of ether oxygens (including phenoxy) is 1. The van der Waals surface area contributed by atoms with Crippen LogP contribution in [0.5, 0.6) is 0 Å². The van der Waals surface area contributed by atoms with Crippen molar-refractivity contribution in [2.24, 2.45) is 0 Å². The summed E-state index contributed by atoms with van der Waals surface area (Å²) in [5.41, 5.74) is 2.41. The molecule has 154 valence electrons. The van der Waals surface area contributed by atoms with E-state index in [0.29, 0.717) is 24.2 Å². The topological polar surface area (TPSA) is 75.3 Å². The zero-order valence-electron chi connectivity index (χ0n) is 17.0. The van der Waals surface area contributed by atoms with E-state index >= 15 is 0 Å². The number of nitrogens with one attached hydrogen (secondary N) is 1. The van der Waals surface area contributed by atoms with Gasteiger partial charge in [-0.25, -0.2) is 4.98 Å². The molecule has 0 saturated carbocycles. The normalized spacial score (nSPS) is 21.6. The highest BCUT2D eigenvalue weighted by molar-refractivity contribution is 5.77. The maximum atomic E-state index is 12.8. The lowest BCUT2D eigenvalue weighted by Crippen LogP contribution is -2.33. The van der Waals surface area contributed by atoms with Crippen molar-refractivity contribution < 1.29 is 9.53 Å². The van der Waals surface area contributed by atoms with Gasteiger partial charge in [-0.3, -0.25) is 9.59 Å². The Balaban J connectivity index is 1.48. The largest absolute Gasteiger partial charge is 0.378 e. The summed E-state index contributed by atoms with van der Waals surface area (Å²) in [5.74, 6) is 0.754. The minimum absolute atomic E-state index is 0.102. The standard InChI is InChI=1S/C23H29N3O3/c1-16-19(15-17-7-3-2-4-8-17)23(28)25-22(24-16)20-10-5-13-26(20)21(27)12-11-18-9-6-14-29-18/h2-4,7-8,18,20H,5-6,9-15H2,1H3,(H,24,25,28)/t18-,20+/m1/s1. The maximum absolute atomic E-state index is 12.8. The number of carbonyl (C=O) groups excluding carboxylic acids is 1. The molecule has 0 unspecified atom stereocenters. The van der Waals surface area contributed by atoms with Crippen molar-refractivity contribution in [2.75, 3.05) is 13.2 Å². The number of benzene rings is 1. The molecule has 0 spiro atoms. The van der Waals surface area contributed by atoms with Gasteiger partial charge in [0.25, 0.3) is 5.56 Å². The number of rotatable bonds is 6. The smallest absolute Gasteiger partial charge is 0.254 e. The van der Waals surface area contributed by atoms with Crippen LogP contribution in [0.1, 0.15) is 67.2 Å². The van der Waals surface area contributed by atoms with Gasteiger partial charge in [0.15, 0.2) is 0 Å². The number of carbonyl (C=O) groups is 1. The molecule has 1 aromatic heterocycles. The molecule has 2 aromatic rings. The third-order valence-electron chi connectivity index (χ3n) is 6.06. The molecule has 2 aliphatic heterocycles. The summed E-state index contributed by atoms with van der Waals surface area (Å²) in [7, 11) is 0. The number of H-pyrrole nitrogens is 1. The van der Waals surface area contributed by atoms with E-state index in [2.05, 4.69) is 4.98 Å². The molecule has 2 saturated heterocycles. The van der Waals surface area contributed by atoms with Crippen LogP contribution in [0, 0.1) is 6.92 Å². The molecular formula is C23H29N3O3. The van der Waals surface area contributed by atoms with Crippen LogP contribution in [0.2, 0.25) is 0 Å². The van der Waals surface area contributed by atoms with Crippen LogP contribution in [-0.2, 0) is 16.0 Å². The molecule has 2 aliphatic rings. The predicted octanol–water partition coefficient (Wildman–Crippen LogP) is 3.29. The summed E-state index contributed by atoms with van der Waals surface area (Å²) in [6, 6.07) is 9.80. The molecule has 6 nitrogen and oxygen atoms in total. The van der Waals surface area contributed by atoms with Crippen LogP contribution in [0.15, 0.2) is 35.1 Å². The lowest BCUT2D eigenvalue weighted by Gasteiger charge is -2.25. The summed E-state index contributed by atoms with van der Waals surface area (Å²) in [6.45, 7) is 3.42. The SMILES string of the molecule is Cc1nc([C@@H]2CCCN2C(=O)CC[C@H]2CCCO2)[nH]c(=O)c1Cc1ccccc1. The quantitative estimate of drug-likeness (QED) is 0.814. The fraction of sp³-hybridized carbons (Fsp3) is 0.522. The molecule has 0 bridgehead atoms. The summed E-state index contributed by atoms with van der Waals surface area (Å²) in [5, 5.41) is 0. The monoisotopic (exact) mass is 395 g/mol. The fourth-order valence-corrected chi connectivity index (χ4v) is 4.45. The van der Waals surface area contributed by atoms with Gasteiger partial charge in [0, 0.05) is 37.3 Å². The second-order valence-electron chi connectivity index (χ2n) is 8.10. The second-order valence-corrected chi connectivity index (χ2v) is 8.10. The fourth-order valence-electron chi connectivity index (χ4n) is 4.45. The summed E-state index contributed by atoms with van der Waals surface area (Å²) < 4.78 is 5.64. The van der Waals surface area contributed by atoms with Crippen LogP contribution in [0.4, 0.5) is 0 Å². The predicted molar refractivity (Wildman–Crippen MR) is 111 cm³/mol. The van der Waals surface area contributed by atoms with E-state index in [1.165, 1.54) is 0 Å². The summed E-state index contributed by atoms with van der Waals surface area (Å²) >= 11 is 0. The van der Waals surface area contributed by atoms with E-state index in [0.717, 1.165) is 56.5 Å². The van der Waals surface area contributed by atoms with E-state index in [-0.39, 0.29) is 23.6 Å². The number of aryl methyl sites for hydroxylation is 1. The number of aromatic nitrogens is 2. The Hall–Kier alpha value is -2.47. The van der Waals surface area contributed by atoms with E-state index in [4.69, 9.17) is 9.72 Å². The lowest BCUT2D eigenvalue weighted by molar-refractivity contribution is -0.132. The van der Waals surface area contributed by atoms with Gasteiger partial charge in [-0.15, -0.1) is 0 Å². The summed E-state index contributed by atoms with van der Waals surface area (Å²) in [6.07, 6.45) is 5.97. The van der Waals surface area contributed by atoms with Crippen LogP contribution in [-0.4, -0.2) is 40.0 Å². The Labute approximate surface area is 171 Å². The Morgan fingerprint density at radius 2 is 2.07 bits per heavy atom. The van der Waals surface area contributed by atoms with Crippen molar-refractivity contribution in [1.29, 1.82) is 0 Å². The van der Waals surface area contributed by atoms with E-state index in [9.17, 15) is 9.59 Å². The molecule has 2 atom stereocenters. The van der Waals surface area contributed by atoms with E-state index < -0.39 is 0 Å². The van der Waals surface area contributed by atoms with E-state index in [1.54, 1.807) is 0 Å². The highest BCUT2D eigenvalue weighted by atomic mass is 16.5. The van der Waals surface area contributed by atoms with Crippen LogP contribution in [0.3, 0.4) is 0 Å². The van der Waals surface area contributed by atoms with Crippen LogP contribution < -0.4 is 5.56 Å². The number of hydrogen-bond donors (Lipinski definition) is 1. The minimum Gasteiger partial charge on any atom is -0.378 e. The maximum Gasteiger partial charge on any atom is 0.254 e. The second kappa shape index (κ2) is 8.91. The Kier molecular flexibility index (Phi) is 6.09. The first-order valence-corrected chi connectivity index (χ1v) is 10.7. The third-order valence-corrected chi connectivity index (χ3v) is 6.06. The van der Waals surface area contributed by atoms with E-state index in [1.807, 2.05) is 42.2 Å².